The minimum absolute atomic E-state index is 0.00143. The smallest absolute Gasteiger partial charge is 0.233 e. The van der Waals surface area contributed by atoms with Crippen LogP contribution in [0, 0.1) is 0 Å². The van der Waals surface area contributed by atoms with Crippen LogP contribution in [0.2, 0.25) is 5.02 Å². The maximum Gasteiger partial charge on any atom is 0.233 e. The first-order valence-corrected chi connectivity index (χ1v) is 7.60. The van der Waals surface area contributed by atoms with E-state index in [1.54, 1.807) is 29.6 Å². The molecule has 0 atom stereocenters. The van der Waals surface area contributed by atoms with Gasteiger partial charge in [0.2, 0.25) is 11.9 Å². The Morgan fingerprint density at radius 2 is 2.24 bits per heavy atom. The number of nitrogen functional groups attached to an aromatic ring is 1. The average Bonchev–Trinajstić information content (AvgIpc) is 2.76. The number of nitrogens with zero attached hydrogens (tertiary/aromatic N) is 4. The Bertz CT molecular complexity index is 645. The number of anilines is 1. The van der Waals surface area contributed by atoms with E-state index in [0.29, 0.717) is 22.7 Å². The Balaban J connectivity index is 1.89. The maximum atomic E-state index is 12.1. The molecule has 0 radical (unpaired) electrons. The summed E-state index contributed by atoms with van der Waals surface area (Å²) in [7, 11) is 3.52. The van der Waals surface area contributed by atoms with Crippen LogP contribution in [0.15, 0.2) is 29.4 Å². The molecule has 2 rings (SSSR count). The molecule has 1 amide bonds. The largest absolute Gasteiger partial charge is 0.368 e. The SMILES string of the molecule is CN(Cc1cccc(Cl)c1)C(=O)CSc1nnc(N)n1C. The third-order valence-corrected chi connectivity index (χ3v) is 4.17. The van der Waals surface area contributed by atoms with E-state index < -0.39 is 0 Å². The first-order chi connectivity index (χ1) is 9.97. The third-order valence-electron chi connectivity index (χ3n) is 2.93. The molecular weight excluding hydrogens is 310 g/mol. The summed E-state index contributed by atoms with van der Waals surface area (Å²) in [6, 6.07) is 7.46. The van der Waals surface area contributed by atoms with Gasteiger partial charge in [-0.2, -0.15) is 0 Å². The summed E-state index contributed by atoms with van der Waals surface area (Å²) in [4.78, 5) is 13.8. The highest BCUT2D eigenvalue weighted by Crippen LogP contribution is 2.17. The van der Waals surface area contributed by atoms with Gasteiger partial charge >= 0.3 is 0 Å². The van der Waals surface area contributed by atoms with Crippen LogP contribution in [0.1, 0.15) is 5.56 Å². The number of hydrogen-bond donors (Lipinski definition) is 1. The molecule has 6 nitrogen and oxygen atoms in total. The molecule has 0 saturated heterocycles. The molecule has 0 fully saturated rings. The Hall–Kier alpha value is -1.73. The van der Waals surface area contributed by atoms with E-state index >= 15 is 0 Å². The van der Waals surface area contributed by atoms with Gasteiger partial charge in [-0.3, -0.25) is 9.36 Å². The molecule has 0 unspecified atom stereocenters. The van der Waals surface area contributed by atoms with Crippen molar-refractivity contribution in [3.05, 3.63) is 34.9 Å². The monoisotopic (exact) mass is 325 g/mol. The van der Waals surface area contributed by atoms with E-state index in [9.17, 15) is 4.79 Å². The number of hydrogen-bond acceptors (Lipinski definition) is 5. The van der Waals surface area contributed by atoms with Crippen LogP contribution in [0.5, 0.6) is 0 Å². The van der Waals surface area contributed by atoms with E-state index in [1.165, 1.54) is 11.8 Å². The van der Waals surface area contributed by atoms with Crippen LogP contribution in [-0.2, 0) is 18.4 Å². The normalized spacial score (nSPS) is 10.6. The standard InChI is InChI=1S/C13H16ClN5OS/c1-18(7-9-4-3-5-10(14)6-9)11(20)8-21-13-17-16-12(15)19(13)2/h3-6H,7-8H2,1-2H3,(H2,15,16). The van der Waals surface area contributed by atoms with Gasteiger partial charge < -0.3 is 10.6 Å². The van der Waals surface area contributed by atoms with Crippen molar-refractivity contribution in [2.24, 2.45) is 7.05 Å². The van der Waals surface area contributed by atoms with Crippen LogP contribution < -0.4 is 5.73 Å². The van der Waals surface area contributed by atoms with Gasteiger partial charge in [0, 0.05) is 25.7 Å². The van der Waals surface area contributed by atoms with Crippen molar-refractivity contribution in [1.82, 2.24) is 19.7 Å². The summed E-state index contributed by atoms with van der Waals surface area (Å²) in [5.41, 5.74) is 6.58. The lowest BCUT2D eigenvalue weighted by Crippen LogP contribution is -2.27. The highest BCUT2D eigenvalue weighted by molar-refractivity contribution is 7.99. The lowest BCUT2D eigenvalue weighted by Gasteiger charge is -2.17. The van der Waals surface area contributed by atoms with Gasteiger partial charge in [-0.15, -0.1) is 10.2 Å². The summed E-state index contributed by atoms with van der Waals surface area (Å²) >= 11 is 7.24. The molecule has 2 aromatic rings. The van der Waals surface area contributed by atoms with Crippen LogP contribution in [0.4, 0.5) is 5.95 Å². The number of aromatic nitrogens is 3. The van der Waals surface area contributed by atoms with Crippen molar-refractivity contribution in [3.8, 4) is 0 Å². The molecule has 0 spiro atoms. The van der Waals surface area contributed by atoms with Gasteiger partial charge in [0.25, 0.3) is 0 Å². The lowest BCUT2D eigenvalue weighted by molar-refractivity contribution is -0.127. The highest BCUT2D eigenvalue weighted by atomic mass is 35.5. The number of nitrogens with two attached hydrogens (primary N) is 1. The Kier molecular flexibility index (Phi) is 5.08. The van der Waals surface area contributed by atoms with Crippen molar-refractivity contribution in [1.29, 1.82) is 0 Å². The number of carbonyl (C=O) groups is 1. The van der Waals surface area contributed by atoms with Crippen LogP contribution in [0.25, 0.3) is 0 Å². The molecule has 8 heteroatoms. The summed E-state index contributed by atoms with van der Waals surface area (Å²) in [6.07, 6.45) is 0. The van der Waals surface area contributed by atoms with Gasteiger partial charge in [-0.05, 0) is 17.7 Å². The second kappa shape index (κ2) is 6.82. The topological polar surface area (TPSA) is 77.0 Å². The molecule has 1 aromatic heterocycles. The molecule has 0 bridgehead atoms. The first-order valence-electron chi connectivity index (χ1n) is 6.23. The summed E-state index contributed by atoms with van der Waals surface area (Å²) in [5.74, 6) is 0.613. The number of amides is 1. The predicted octanol–water partition coefficient (Wildman–Crippen LogP) is 1.80. The summed E-state index contributed by atoms with van der Waals surface area (Å²) < 4.78 is 1.65. The van der Waals surface area contributed by atoms with E-state index in [0.717, 1.165) is 5.56 Å². The van der Waals surface area contributed by atoms with Crippen molar-refractivity contribution < 1.29 is 4.79 Å². The zero-order valence-electron chi connectivity index (χ0n) is 11.8. The zero-order valence-corrected chi connectivity index (χ0v) is 13.4. The third kappa shape index (κ3) is 4.12. The maximum absolute atomic E-state index is 12.1. The fourth-order valence-electron chi connectivity index (χ4n) is 1.69. The summed E-state index contributed by atoms with van der Waals surface area (Å²) in [5, 5.41) is 8.94. The van der Waals surface area contributed by atoms with Crippen molar-refractivity contribution in [2.45, 2.75) is 11.7 Å². The van der Waals surface area contributed by atoms with Gasteiger partial charge in [-0.1, -0.05) is 35.5 Å². The first kappa shape index (κ1) is 15.7. The van der Waals surface area contributed by atoms with Gasteiger partial charge in [0.1, 0.15) is 0 Å². The number of carbonyl (C=O) groups excluding carboxylic acids is 1. The Labute approximate surface area is 132 Å². The van der Waals surface area contributed by atoms with Crippen LogP contribution in [-0.4, -0.2) is 38.4 Å². The van der Waals surface area contributed by atoms with E-state index in [-0.39, 0.29) is 11.7 Å². The Morgan fingerprint density at radius 3 is 2.86 bits per heavy atom. The number of rotatable bonds is 5. The van der Waals surface area contributed by atoms with Crippen molar-refractivity contribution in [2.75, 3.05) is 18.5 Å². The lowest BCUT2D eigenvalue weighted by atomic mass is 10.2. The molecule has 2 N–H and O–H groups in total. The van der Waals surface area contributed by atoms with E-state index in [2.05, 4.69) is 10.2 Å². The molecular formula is C13H16ClN5OS. The molecule has 0 saturated carbocycles. The van der Waals surface area contributed by atoms with E-state index in [4.69, 9.17) is 17.3 Å². The fraction of sp³-hybridized carbons (Fsp3) is 0.308. The zero-order chi connectivity index (χ0) is 15.4. The van der Waals surface area contributed by atoms with Crippen LogP contribution in [0.3, 0.4) is 0 Å². The van der Waals surface area contributed by atoms with Crippen LogP contribution >= 0.6 is 23.4 Å². The van der Waals surface area contributed by atoms with Crippen molar-refractivity contribution >= 4 is 35.2 Å². The van der Waals surface area contributed by atoms with Gasteiger partial charge in [0.15, 0.2) is 5.16 Å². The number of benzene rings is 1. The quantitative estimate of drug-likeness (QED) is 0.848. The van der Waals surface area contributed by atoms with Gasteiger partial charge in [0.05, 0.1) is 5.75 Å². The fourth-order valence-corrected chi connectivity index (χ4v) is 2.76. The number of halogens is 1. The number of thioether (sulfide) groups is 1. The van der Waals surface area contributed by atoms with Gasteiger partial charge in [-0.25, -0.2) is 0 Å². The van der Waals surface area contributed by atoms with Crippen molar-refractivity contribution in [3.63, 3.8) is 0 Å². The molecule has 112 valence electrons. The molecule has 0 aliphatic carbocycles. The highest BCUT2D eigenvalue weighted by Gasteiger charge is 2.13. The molecule has 0 aliphatic heterocycles. The van der Waals surface area contributed by atoms with E-state index in [1.807, 2.05) is 18.2 Å². The Morgan fingerprint density at radius 1 is 1.48 bits per heavy atom. The molecule has 1 heterocycles. The predicted molar refractivity (Wildman–Crippen MR) is 84.1 cm³/mol. The minimum atomic E-state index is 0.00143. The average molecular weight is 326 g/mol. The second-order valence-corrected chi connectivity index (χ2v) is 5.95. The minimum Gasteiger partial charge on any atom is -0.368 e. The molecule has 1 aromatic carbocycles. The molecule has 0 aliphatic rings. The molecule has 21 heavy (non-hydrogen) atoms. The summed E-state index contributed by atoms with van der Waals surface area (Å²) in [6.45, 7) is 0.515. The second-order valence-electron chi connectivity index (χ2n) is 4.57.